The number of ether oxygens (including phenoxy) is 1. The summed E-state index contributed by atoms with van der Waals surface area (Å²) in [4.78, 5) is 6.75. The summed E-state index contributed by atoms with van der Waals surface area (Å²) in [6, 6.07) is 0. The molecule has 25 heavy (non-hydrogen) atoms. The summed E-state index contributed by atoms with van der Waals surface area (Å²) < 4.78 is 5.96. The van der Waals surface area contributed by atoms with Crippen molar-refractivity contribution in [2.24, 2.45) is 10.9 Å². The Kier molecular flexibility index (Phi) is 12.9. The first-order chi connectivity index (χ1) is 11.8. The van der Waals surface area contributed by atoms with E-state index in [4.69, 9.17) is 4.74 Å². The van der Waals surface area contributed by atoms with Gasteiger partial charge in [-0.3, -0.25) is 4.99 Å². The van der Waals surface area contributed by atoms with Gasteiger partial charge in [-0.15, -0.1) is 24.0 Å². The predicted octanol–water partition coefficient (Wildman–Crippen LogP) is 3.24. The molecule has 2 rings (SSSR count). The second-order valence-corrected chi connectivity index (χ2v) is 7.45. The number of likely N-dealkylation sites (tertiary alicyclic amines) is 1. The van der Waals surface area contributed by atoms with E-state index in [1.54, 1.807) is 0 Å². The topological polar surface area (TPSA) is 48.9 Å². The highest BCUT2D eigenvalue weighted by molar-refractivity contribution is 14.0. The standard InChI is InChI=1S/C19H38N4O.HI/c1-20-19(22-13-9-17-10-14-23(2)15-11-17)21-12-6-16-24-18-7-4-3-5-8-18;/h17-18H,3-16H2,1-2H3,(H2,20,21,22);1H. The van der Waals surface area contributed by atoms with E-state index in [1.165, 1.54) is 64.5 Å². The Labute approximate surface area is 171 Å². The number of aliphatic imine (C=N–C) groups is 1. The van der Waals surface area contributed by atoms with E-state index >= 15 is 0 Å². The van der Waals surface area contributed by atoms with E-state index in [-0.39, 0.29) is 24.0 Å². The molecule has 5 nitrogen and oxygen atoms in total. The highest BCUT2D eigenvalue weighted by Crippen LogP contribution is 2.20. The zero-order valence-corrected chi connectivity index (χ0v) is 18.6. The number of nitrogens with one attached hydrogen (secondary N) is 2. The Morgan fingerprint density at radius 2 is 1.72 bits per heavy atom. The first kappa shape index (κ1) is 23.0. The van der Waals surface area contributed by atoms with Crippen LogP contribution in [0.4, 0.5) is 0 Å². The van der Waals surface area contributed by atoms with Gasteiger partial charge < -0.3 is 20.3 Å². The molecule has 6 heteroatoms. The number of halogens is 1. The van der Waals surface area contributed by atoms with Crippen LogP contribution in [0.25, 0.3) is 0 Å². The molecule has 0 bridgehead atoms. The van der Waals surface area contributed by atoms with Crippen molar-refractivity contribution in [2.75, 3.05) is 46.9 Å². The van der Waals surface area contributed by atoms with Crippen LogP contribution in [-0.4, -0.2) is 63.8 Å². The summed E-state index contributed by atoms with van der Waals surface area (Å²) in [6.45, 7) is 5.31. The third kappa shape index (κ3) is 9.99. The lowest BCUT2D eigenvalue weighted by atomic mass is 9.94. The Bertz CT molecular complexity index is 353. The fourth-order valence-electron chi connectivity index (χ4n) is 3.73. The van der Waals surface area contributed by atoms with Crippen molar-refractivity contribution in [3.05, 3.63) is 0 Å². The van der Waals surface area contributed by atoms with E-state index in [0.29, 0.717) is 6.10 Å². The second kappa shape index (κ2) is 14.0. The van der Waals surface area contributed by atoms with Crippen LogP contribution in [0.3, 0.4) is 0 Å². The number of hydrogen-bond donors (Lipinski definition) is 2. The number of piperidine rings is 1. The van der Waals surface area contributed by atoms with Gasteiger partial charge in [0.2, 0.25) is 0 Å². The van der Waals surface area contributed by atoms with Crippen LogP contribution < -0.4 is 10.6 Å². The van der Waals surface area contributed by atoms with Crippen LogP contribution in [0.2, 0.25) is 0 Å². The van der Waals surface area contributed by atoms with Crippen LogP contribution in [-0.2, 0) is 4.74 Å². The second-order valence-electron chi connectivity index (χ2n) is 7.45. The van der Waals surface area contributed by atoms with E-state index in [2.05, 4.69) is 27.6 Å². The highest BCUT2D eigenvalue weighted by atomic mass is 127. The average Bonchev–Trinajstić information content (AvgIpc) is 2.62. The molecule has 2 aliphatic rings. The van der Waals surface area contributed by atoms with Gasteiger partial charge >= 0.3 is 0 Å². The lowest BCUT2D eigenvalue weighted by molar-refractivity contribution is 0.0277. The van der Waals surface area contributed by atoms with Gasteiger partial charge in [-0.25, -0.2) is 0 Å². The monoisotopic (exact) mass is 466 g/mol. The van der Waals surface area contributed by atoms with Gasteiger partial charge in [0.05, 0.1) is 6.10 Å². The molecule has 0 atom stereocenters. The molecule has 0 aromatic rings. The molecule has 1 saturated heterocycles. The van der Waals surface area contributed by atoms with E-state index in [1.807, 2.05) is 7.05 Å². The number of rotatable bonds is 8. The fourth-order valence-corrected chi connectivity index (χ4v) is 3.73. The molecule has 0 radical (unpaired) electrons. The van der Waals surface area contributed by atoms with Gasteiger partial charge in [0, 0.05) is 26.7 Å². The molecule has 1 saturated carbocycles. The number of guanidine groups is 1. The maximum atomic E-state index is 5.96. The molecular formula is C19H39IN4O. The molecule has 148 valence electrons. The molecular weight excluding hydrogens is 427 g/mol. The SMILES string of the molecule is CN=C(NCCCOC1CCCCC1)NCCC1CCN(C)CC1.I. The van der Waals surface area contributed by atoms with Crippen molar-refractivity contribution in [2.45, 2.75) is 63.9 Å². The normalized spacial score (nSPS) is 21.0. The first-order valence-electron chi connectivity index (χ1n) is 10.0. The summed E-state index contributed by atoms with van der Waals surface area (Å²) >= 11 is 0. The maximum absolute atomic E-state index is 5.96. The number of nitrogens with zero attached hydrogens (tertiary/aromatic N) is 2. The van der Waals surface area contributed by atoms with E-state index in [9.17, 15) is 0 Å². The zero-order valence-electron chi connectivity index (χ0n) is 16.3. The zero-order chi connectivity index (χ0) is 17.0. The Morgan fingerprint density at radius 1 is 1.04 bits per heavy atom. The molecule has 0 amide bonds. The largest absolute Gasteiger partial charge is 0.378 e. The molecule has 0 aromatic carbocycles. The van der Waals surface area contributed by atoms with Crippen LogP contribution >= 0.6 is 24.0 Å². The van der Waals surface area contributed by atoms with Crippen LogP contribution in [0, 0.1) is 5.92 Å². The molecule has 0 aromatic heterocycles. The lowest BCUT2D eigenvalue weighted by Crippen LogP contribution is -2.39. The fraction of sp³-hybridized carbons (Fsp3) is 0.947. The van der Waals surface area contributed by atoms with Crippen LogP contribution in [0.1, 0.15) is 57.8 Å². The van der Waals surface area contributed by atoms with Crippen LogP contribution in [0.5, 0.6) is 0 Å². The third-order valence-corrected chi connectivity index (χ3v) is 5.43. The third-order valence-electron chi connectivity index (χ3n) is 5.43. The van der Waals surface area contributed by atoms with E-state index < -0.39 is 0 Å². The summed E-state index contributed by atoms with van der Waals surface area (Å²) in [5.74, 6) is 1.80. The van der Waals surface area contributed by atoms with Gasteiger partial charge in [-0.1, -0.05) is 19.3 Å². The quantitative estimate of drug-likeness (QED) is 0.250. The highest BCUT2D eigenvalue weighted by Gasteiger charge is 2.16. The average molecular weight is 466 g/mol. The van der Waals surface area contributed by atoms with Gasteiger partial charge in [0.1, 0.15) is 0 Å². The summed E-state index contributed by atoms with van der Waals surface area (Å²) in [5, 5.41) is 6.86. The molecule has 2 N–H and O–H groups in total. The maximum Gasteiger partial charge on any atom is 0.190 e. The van der Waals surface area contributed by atoms with Gasteiger partial charge in [0.25, 0.3) is 0 Å². The predicted molar refractivity (Wildman–Crippen MR) is 117 cm³/mol. The Hall–Kier alpha value is -0.0800. The summed E-state index contributed by atoms with van der Waals surface area (Å²) in [7, 11) is 4.07. The van der Waals surface area contributed by atoms with Gasteiger partial charge in [-0.05, 0) is 64.6 Å². The van der Waals surface area contributed by atoms with Crippen molar-refractivity contribution in [1.82, 2.24) is 15.5 Å². The molecule has 1 heterocycles. The summed E-state index contributed by atoms with van der Waals surface area (Å²) in [5.41, 5.74) is 0. The van der Waals surface area contributed by atoms with Crippen molar-refractivity contribution in [3.8, 4) is 0 Å². The molecule has 0 unspecified atom stereocenters. The Balaban J connectivity index is 0.00000312. The Morgan fingerprint density at radius 3 is 2.40 bits per heavy atom. The molecule has 0 spiro atoms. The minimum Gasteiger partial charge on any atom is -0.378 e. The van der Waals surface area contributed by atoms with Crippen molar-refractivity contribution in [3.63, 3.8) is 0 Å². The van der Waals surface area contributed by atoms with Crippen LogP contribution in [0.15, 0.2) is 4.99 Å². The first-order valence-corrected chi connectivity index (χ1v) is 10.0. The minimum atomic E-state index is 0. The van der Waals surface area contributed by atoms with Crippen molar-refractivity contribution in [1.29, 1.82) is 0 Å². The minimum absolute atomic E-state index is 0. The number of hydrogen-bond acceptors (Lipinski definition) is 3. The molecule has 2 fully saturated rings. The summed E-state index contributed by atoms with van der Waals surface area (Å²) in [6.07, 6.45) is 12.1. The van der Waals surface area contributed by atoms with Gasteiger partial charge in [0.15, 0.2) is 5.96 Å². The molecule has 1 aliphatic heterocycles. The van der Waals surface area contributed by atoms with Crippen molar-refractivity contribution >= 4 is 29.9 Å². The van der Waals surface area contributed by atoms with Crippen molar-refractivity contribution < 1.29 is 4.74 Å². The molecule has 1 aliphatic carbocycles. The lowest BCUT2D eigenvalue weighted by Gasteiger charge is -2.29. The van der Waals surface area contributed by atoms with Gasteiger partial charge in [-0.2, -0.15) is 0 Å². The van der Waals surface area contributed by atoms with E-state index in [0.717, 1.165) is 38.0 Å². The smallest absolute Gasteiger partial charge is 0.190 e.